The largest absolute Gasteiger partial charge is 0.504 e. The number of benzene rings is 3. The van der Waals surface area contributed by atoms with Gasteiger partial charge in [0.05, 0.1) is 41.2 Å². The van der Waals surface area contributed by atoms with E-state index in [0.717, 1.165) is 5.56 Å². The Bertz CT molecular complexity index is 1300. The van der Waals surface area contributed by atoms with E-state index in [4.69, 9.17) is 23.7 Å². The van der Waals surface area contributed by atoms with Crippen LogP contribution < -0.4 is 29.0 Å². The predicted molar refractivity (Wildman–Crippen MR) is 142 cm³/mol. The lowest BCUT2D eigenvalue weighted by Gasteiger charge is -2.14. The Kier molecular flexibility index (Phi) is 8.88. The molecule has 0 aromatic heterocycles. The van der Waals surface area contributed by atoms with Crippen molar-refractivity contribution in [3.8, 4) is 40.2 Å². The molecule has 0 saturated carbocycles. The monoisotopic (exact) mass is 507 g/mol. The summed E-state index contributed by atoms with van der Waals surface area (Å²) in [5.74, 6) is 1.20. The average molecular weight is 508 g/mol. The van der Waals surface area contributed by atoms with Gasteiger partial charge in [-0.15, -0.1) is 0 Å². The minimum absolute atomic E-state index is 0.0466. The van der Waals surface area contributed by atoms with Gasteiger partial charge in [-0.1, -0.05) is 18.2 Å². The normalized spacial score (nSPS) is 10.9. The number of phenolic OH excluding ortho intramolecular Hbond substituents is 2. The first-order valence-corrected chi connectivity index (χ1v) is 11.1. The van der Waals surface area contributed by atoms with Crippen molar-refractivity contribution in [2.24, 2.45) is 0 Å². The number of carbonyl (C=O) groups is 1. The van der Waals surface area contributed by atoms with Gasteiger partial charge in [-0.25, -0.2) is 0 Å². The fraction of sp³-hybridized carbons (Fsp3) is 0.179. The van der Waals surface area contributed by atoms with Crippen molar-refractivity contribution < 1.29 is 38.7 Å². The summed E-state index contributed by atoms with van der Waals surface area (Å²) in [6, 6.07) is 11.6. The lowest BCUT2D eigenvalue weighted by Crippen LogP contribution is -2.09. The second kappa shape index (κ2) is 12.3. The van der Waals surface area contributed by atoms with E-state index in [1.54, 1.807) is 48.6 Å². The van der Waals surface area contributed by atoms with Crippen molar-refractivity contribution >= 4 is 29.8 Å². The van der Waals surface area contributed by atoms with Gasteiger partial charge < -0.3 is 39.2 Å². The summed E-state index contributed by atoms with van der Waals surface area (Å²) in [6.07, 6.45) is 6.31. The molecule has 3 aromatic rings. The lowest BCUT2D eigenvalue weighted by molar-refractivity contribution is -0.111. The highest BCUT2D eigenvalue weighted by molar-refractivity contribution is 6.04. The summed E-state index contributed by atoms with van der Waals surface area (Å²) in [7, 11) is 7.45. The maximum Gasteiger partial charge on any atom is 0.248 e. The third-order valence-electron chi connectivity index (χ3n) is 5.41. The molecule has 0 radical (unpaired) electrons. The van der Waals surface area contributed by atoms with Crippen LogP contribution in [0.2, 0.25) is 0 Å². The molecule has 0 heterocycles. The minimum atomic E-state index is -0.499. The molecule has 3 rings (SSSR count). The maximum absolute atomic E-state index is 12.7. The van der Waals surface area contributed by atoms with E-state index < -0.39 is 5.91 Å². The lowest BCUT2D eigenvalue weighted by atomic mass is 10.1. The predicted octanol–water partition coefficient (Wildman–Crippen LogP) is 4.96. The van der Waals surface area contributed by atoms with Crippen LogP contribution in [0.15, 0.2) is 48.5 Å². The second-order valence-electron chi connectivity index (χ2n) is 7.63. The van der Waals surface area contributed by atoms with E-state index in [-0.39, 0.29) is 22.9 Å². The molecule has 1 amide bonds. The Hall–Kier alpha value is -4.79. The van der Waals surface area contributed by atoms with Gasteiger partial charge >= 0.3 is 0 Å². The van der Waals surface area contributed by atoms with Gasteiger partial charge in [-0.05, 0) is 53.6 Å². The molecule has 37 heavy (non-hydrogen) atoms. The molecule has 0 atom stereocenters. The van der Waals surface area contributed by atoms with Gasteiger partial charge in [0.15, 0.2) is 34.5 Å². The minimum Gasteiger partial charge on any atom is -0.504 e. The van der Waals surface area contributed by atoms with Gasteiger partial charge in [0.25, 0.3) is 0 Å². The number of nitrogens with one attached hydrogen (secondary N) is 1. The van der Waals surface area contributed by atoms with Gasteiger partial charge in [0.1, 0.15) is 0 Å². The van der Waals surface area contributed by atoms with Crippen LogP contribution in [0.3, 0.4) is 0 Å². The second-order valence-corrected chi connectivity index (χ2v) is 7.63. The molecule has 3 aromatic carbocycles. The Morgan fingerprint density at radius 1 is 0.703 bits per heavy atom. The molecule has 0 unspecified atom stereocenters. The number of phenols is 2. The SMILES string of the molecule is COc1ccc(/C=C/C(=O)Nc2c(C=Cc3cc(OC)c(OC)c(OC)c3)ccc(OC)c2O)cc1O. The first-order valence-electron chi connectivity index (χ1n) is 11.1. The number of hydrogen-bond donors (Lipinski definition) is 3. The van der Waals surface area contributed by atoms with Gasteiger partial charge in [0.2, 0.25) is 11.7 Å². The van der Waals surface area contributed by atoms with Crippen molar-refractivity contribution in [2.45, 2.75) is 0 Å². The molecular formula is C28H29NO8. The van der Waals surface area contributed by atoms with Crippen LogP contribution in [0.1, 0.15) is 16.7 Å². The van der Waals surface area contributed by atoms with Crippen molar-refractivity contribution in [2.75, 3.05) is 40.9 Å². The third-order valence-corrected chi connectivity index (χ3v) is 5.41. The van der Waals surface area contributed by atoms with E-state index in [2.05, 4.69) is 5.32 Å². The van der Waals surface area contributed by atoms with Crippen molar-refractivity contribution in [1.82, 2.24) is 0 Å². The van der Waals surface area contributed by atoms with E-state index in [0.29, 0.717) is 34.1 Å². The highest BCUT2D eigenvalue weighted by atomic mass is 16.5. The molecule has 0 bridgehead atoms. The van der Waals surface area contributed by atoms with Crippen molar-refractivity contribution in [3.63, 3.8) is 0 Å². The van der Waals surface area contributed by atoms with E-state index >= 15 is 0 Å². The number of carbonyl (C=O) groups excluding carboxylic acids is 1. The number of rotatable bonds is 10. The highest BCUT2D eigenvalue weighted by Crippen LogP contribution is 2.40. The number of hydrogen-bond acceptors (Lipinski definition) is 8. The zero-order chi connectivity index (χ0) is 26.9. The topological polar surface area (TPSA) is 116 Å². The van der Waals surface area contributed by atoms with Gasteiger partial charge in [-0.3, -0.25) is 4.79 Å². The quantitative estimate of drug-likeness (QED) is 0.200. The fourth-order valence-corrected chi connectivity index (χ4v) is 3.55. The zero-order valence-corrected chi connectivity index (χ0v) is 21.2. The number of amides is 1. The van der Waals surface area contributed by atoms with Crippen molar-refractivity contribution in [3.05, 3.63) is 65.2 Å². The van der Waals surface area contributed by atoms with Crippen LogP contribution in [0.4, 0.5) is 5.69 Å². The van der Waals surface area contributed by atoms with Crippen LogP contribution in [-0.4, -0.2) is 51.7 Å². The standard InChI is InChI=1S/C28H29NO8/c1-33-21-11-7-17(14-20(21)30)8-13-25(31)29-26-19(10-12-22(34-2)27(26)32)9-6-18-15-23(35-3)28(37-5)24(16-18)36-4/h6-16,30,32H,1-5H3,(H,29,31)/b9-6?,13-8+. The zero-order valence-electron chi connectivity index (χ0n) is 21.2. The van der Waals surface area contributed by atoms with Crippen LogP contribution in [0.25, 0.3) is 18.2 Å². The fourth-order valence-electron chi connectivity index (χ4n) is 3.55. The Morgan fingerprint density at radius 2 is 1.32 bits per heavy atom. The Morgan fingerprint density at radius 3 is 1.89 bits per heavy atom. The van der Waals surface area contributed by atoms with E-state index in [1.165, 1.54) is 53.8 Å². The van der Waals surface area contributed by atoms with Crippen LogP contribution in [0.5, 0.6) is 40.2 Å². The summed E-state index contributed by atoms with van der Waals surface area (Å²) in [5.41, 5.74) is 2.01. The van der Waals surface area contributed by atoms with Crippen LogP contribution in [-0.2, 0) is 4.79 Å². The Labute approximate surface area is 215 Å². The molecule has 0 aliphatic heterocycles. The van der Waals surface area contributed by atoms with Gasteiger partial charge in [-0.2, -0.15) is 0 Å². The number of ether oxygens (including phenoxy) is 5. The first-order chi connectivity index (χ1) is 17.8. The maximum atomic E-state index is 12.7. The number of methoxy groups -OCH3 is 5. The molecule has 9 heteroatoms. The molecule has 0 aliphatic carbocycles. The molecular weight excluding hydrogens is 478 g/mol. The number of anilines is 1. The molecule has 0 spiro atoms. The molecule has 0 aliphatic rings. The first kappa shape index (κ1) is 26.8. The molecule has 9 nitrogen and oxygen atoms in total. The number of aromatic hydroxyl groups is 2. The van der Waals surface area contributed by atoms with Gasteiger partial charge in [0, 0.05) is 11.6 Å². The van der Waals surface area contributed by atoms with E-state index in [1.807, 2.05) is 0 Å². The Balaban J connectivity index is 1.91. The summed E-state index contributed by atoms with van der Waals surface area (Å²) in [5, 5.41) is 23.4. The molecule has 0 fully saturated rings. The molecule has 3 N–H and O–H groups in total. The summed E-state index contributed by atoms with van der Waals surface area (Å²) < 4.78 is 26.4. The molecule has 0 saturated heterocycles. The van der Waals surface area contributed by atoms with Crippen LogP contribution in [0, 0.1) is 0 Å². The average Bonchev–Trinajstić information content (AvgIpc) is 2.91. The summed E-state index contributed by atoms with van der Waals surface area (Å²) in [4.78, 5) is 12.7. The van der Waals surface area contributed by atoms with Crippen LogP contribution >= 0.6 is 0 Å². The highest BCUT2D eigenvalue weighted by Gasteiger charge is 2.15. The third kappa shape index (κ3) is 6.26. The summed E-state index contributed by atoms with van der Waals surface area (Å²) in [6.45, 7) is 0. The molecule has 194 valence electrons. The smallest absolute Gasteiger partial charge is 0.248 e. The van der Waals surface area contributed by atoms with E-state index in [9.17, 15) is 15.0 Å². The summed E-state index contributed by atoms with van der Waals surface area (Å²) >= 11 is 0. The van der Waals surface area contributed by atoms with Crippen molar-refractivity contribution in [1.29, 1.82) is 0 Å².